The Bertz CT molecular complexity index is 135. The Morgan fingerprint density at radius 2 is 2.22 bits per heavy atom. The molecule has 0 aliphatic carbocycles. The van der Waals surface area contributed by atoms with E-state index in [0.717, 1.165) is 0 Å². The zero-order valence-corrected chi connectivity index (χ0v) is 5.13. The van der Waals surface area contributed by atoms with Gasteiger partial charge in [-0.25, -0.2) is 9.00 Å². The molecule has 2 atom stereocenters. The molecular formula is C2H6NO5S+. The quantitative estimate of drug-likeness (QED) is 0.296. The van der Waals surface area contributed by atoms with Crippen molar-refractivity contribution in [3.05, 3.63) is 0 Å². The van der Waals surface area contributed by atoms with Crippen molar-refractivity contribution in [1.82, 2.24) is 0 Å². The zero-order chi connectivity index (χ0) is 7.44. The Balaban J connectivity index is 3.88. The van der Waals surface area contributed by atoms with E-state index >= 15 is 0 Å². The fourth-order valence-electron chi connectivity index (χ4n) is 0.154. The van der Waals surface area contributed by atoms with E-state index in [4.69, 9.17) is 9.66 Å². The summed E-state index contributed by atoms with van der Waals surface area (Å²) in [7, 11) is 0. The summed E-state index contributed by atoms with van der Waals surface area (Å²) in [4.78, 5) is 13.7. The highest BCUT2D eigenvalue weighted by Gasteiger charge is 2.23. The third-order valence-electron chi connectivity index (χ3n) is 0.535. The summed E-state index contributed by atoms with van der Waals surface area (Å²) in [6, 6.07) is 0. The van der Waals surface area contributed by atoms with E-state index in [0.29, 0.717) is 0 Å². The largest absolute Gasteiger partial charge is 0.409 e. The lowest BCUT2D eigenvalue weighted by molar-refractivity contribution is -0.657. The number of hydrogen-bond donors (Lipinski definition) is 3. The third-order valence-corrected chi connectivity index (χ3v) is 1.11. The average molecular weight is 156 g/mol. The first-order chi connectivity index (χ1) is 4.09. The highest BCUT2D eigenvalue weighted by Crippen LogP contribution is 1.87. The maximum atomic E-state index is 10.1. The topological polar surface area (TPSA) is 111 Å². The minimum atomic E-state index is -2.60. The van der Waals surface area contributed by atoms with Crippen molar-refractivity contribution in [2.45, 2.75) is 5.44 Å². The summed E-state index contributed by atoms with van der Waals surface area (Å²) >= 11 is -2.60. The van der Waals surface area contributed by atoms with E-state index in [1.807, 2.05) is 0 Å². The van der Waals surface area contributed by atoms with Gasteiger partial charge in [-0.3, -0.25) is 4.84 Å². The summed E-state index contributed by atoms with van der Waals surface area (Å²) in [6.07, 6.45) is 0. The molecule has 0 aromatic heterocycles. The monoisotopic (exact) mass is 156 g/mol. The van der Waals surface area contributed by atoms with Gasteiger partial charge in [0.2, 0.25) is 0 Å². The van der Waals surface area contributed by atoms with Crippen LogP contribution in [0.2, 0.25) is 0 Å². The van der Waals surface area contributed by atoms with Crippen LogP contribution in [0.25, 0.3) is 0 Å². The van der Waals surface area contributed by atoms with Crippen LogP contribution >= 0.6 is 0 Å². The Morgan fingerprint density at radius 3 is 2.33 bits per heavy atom. The number of aliphatic hydroxyl groups excluding tert-OH is 1. The predicted molar refractivity (Wildman–Crippen MR) is 25.8 cm³/mol. The molecule has 0 bridgehead atoms. The van der Waals surface area contributed by atoms with Crippen molar-refractivity contribution in [2.24, 2.45) is 0 Å². The first-order valence-corrected chi connectivity index (χ1v) is 3.00. The van der Waals surface area contributed by atoms with Gasteiger partial charge in [0, 0.05) is 0 Å². The van der Waals surface area contributed by atoms with Crippen molar-refractivity contribution in [2.75, 3.05) is 0 Å². The van der Waals surface area contributed by atoms with Gasteiger partial charge in [-0.2, -0.15) is 5.90 Å². The van der Waals surface area contributed by atoms with Gasteiger partial charge in [-0.05, 0) is 0 Å². The van der Waals surface area contributed by atoms with Gasteiger partial charge in [0.1, 0.15) is 0 Å². The number of rotatable bonds is 2. The second kappa shape index (κ2) is 3.51. The fourth-order valence-corrected chi connectivity index (χ4v) is 0.386. The maximum Gasteiger partial charge on any atom is 0.409 e. The molecule has 0 radical (unpaired) electrons. The van der Waals surface area contributed by atoms with Gasteiger partial charge >= 0.3 is 5.97 Å². The molecule has 0 heterocycles. The van der Waals surface area contributed by atoms with Crippen LogP contribution in [0.3, 0.4) is 0 Å². The molecule has 0 aromatic carbocycles. The van der Waals surface area contributed by atoms with Gasteiger partial charge in [0.15, 0.2) is 11.1 Å². The molecule has 2 unspecified atom stereocenters. The number of carbonyl (C=O) groups is 1. The minimum Gasteiger partial charge on any atom is -0.368 e. The van der Waals surface area contributed by atoms with Gasteiger partial charge < -0.3 is 9.66 Å². The number of aliphatic hydroxyl groups is 1. The van der Waals surface area contributed by atoms with Gasteiger partial charge in [0.05, 0.1) is 0 Å². The first kappa shape index (κ1) is 8.50. The lowest BCUT2D eigenvalue weighted by atomic mass is 10.7. The Hall–Kier alpha value is -0.500. The molecule has 0 aliphatic rings. The van der Waals surface area contributed by atoms with Gasteiger partial charge in [-0.1, -0.05) is 0 Å². The fraction of sp³-hybridized carbons (Fsp3) is 0.500. The van der Waals surface area contributed by atoms with E-state index in [9.17, 15) is 9.00 Å². The number of hydrogen-bond acceptors (Lipinski definition) is 4. The third kappa shape index (κ3) is 2.51. The molecule has 6 nitrogen and oxygen atoms in total. The van der Waals surface area contributed by atoms with E-state index in [1.54, 1.807) is 0 Å². The highest BCUT2D eigenvalue weighted by molar-refractivity contribution is 7.80. The molecule has 0 spiro atoms. The van der Waals surface area contributed by atoms with E-state index in [1.165, 1.54) is 0 Å². The highest BCUT2D eigenvalue weighted by atomic mass is 32.2. The van der Waals surface area contributed by atoms with Crippen LogP contribution in [-0.4, -0.2) is 25.3 Å². The Kier molecular flexibility index (Phi) is 3.32. The van der Waals surface area contributed by atoms with Crippen LogP contribution in [0.1, 0.15) is 0 Å². The van der Waals surface area contributed by atoms with Crippen LogP contribution in [0, 0.1) is 0 Å². The number of quaternary nitrogens is 1. The molecule has 9 heavy (non-hydrogen) atoms. The second-order valence-corrected chi connectivity index (χ2v) is 2.09. The van der Waals surface area contributed by atoms with E-state index in [-0.39, 0.29) is 0 Å². The second-order valence-electron chi connectivity index (χ2n) is 1.09. The molecule has 54 valence electrons. The summed E-state index contributed by atoms with van der Waals surface area (Å²) in [5.74, 6) is 1.41. The SMILES string of the molecule is [NH3+]OC(=O)C(O)S(=O)O. The van der Waals surface area contributed by atoms with Crippen molar-refractivity contribution >= 4 is 17.0 Å². The molecule has 0 saturated carbocycles. The molecule has 0 rings (SSSR count). The van der Waals surface area contributed by atoms with Crippen LogP contribution < -0.4 is 5.90 Å². The molecule has 0 aromatic rings. The summed E-state index contributed by atoms with van der Waals surface area (Å²) < 4.78 is 17.8. The molecular weight excluding hydrogens is 150 g/mol. The predicted octanol–water partition coefficient (Wildman–Crippen LogP) is -2.77. The molecule has 0 aliphatic heterocycles. The van der Waals surface area contributed by atoms with Gasteiger partial charge in [0.25, 0.3) is 5.44 Å². The van der Waals surface area contributed by atoms with E-state index in [2.05, 4.69) is 10.7 Å². The molecule has 7 heteroatoms. The van der Waals surface area contributed by atoms with Crippen molar-refractivity contribution in [1.29, 1.82) is 0 Å². The smallest absolute Gasteiger partial charge is 0.368 e. The minimum absolute atomic E-state index is 1.23. The molecule has 0 amide bonds. The Morgan fingerprint density at radius 1 is 1.78 bits per heavy atom. The van der Waals surface area contributed by atoms with Crippen LogP contribution in [-0.2, 0) is 20.7 Å². The zero-order valence-electron chi connectivity index (χ0n) is 4.31. The van der Waals surface area contributed by atoms with Crippen molar-refractivity contribution < 1.29 is 29.4 Å². The summed E-state index contributed by atoms with van der Waals surface area (Å²) in [5, 5.41) is 8.33. The summed E-state index contributed by atoms with van der Waals surface area (Å²) in [6.45, 7) is 0. The molecule has 5 N–H and O–H groups in total. The standard InChI is InChI=1S/C2H5NO5S/c3-8-1(4)2(5)9(6)7/h2,5H,3H3/p+1. The van der Waals surface area contributed by atoms with E-state index < -0.39 is 22.5 Å². The lowest BCUT2D eigenvalue weighted by Gasteiger charge is -1.97. The van der Waals surface area contributed by atoms with Crippen LogP contribution in [0.5, 0.6) is 0 Å². The molecule has 0 fully saturated rings. The molecule has 0 saturated heterocycles. The van der Waals surface area contributed by atoms with Crippen molar-refractivity contribution in [3.63, 3.8) is 0 Å². The summed E-state index contributed by atoms with van der Waals surface area (Å²) in [5.41, 5.74) is -2.01. The van der Waals surface area contributed by atoms with Crippen LogP contribution in [0.4, 0.5) is 0 Å². The normalized spacial score (nSPS) is 16.3. The lowest BCUT2D eigenvalue weighted by Crippen LogP contribution is -2.54. The van der Waals surface area contributed by atoms with Crippen molar-refractivity contribution in [3.8, 4) is 0 Å². The van der Waals surface area contributed by atoms with Gasteiger partial charge in [-0.15, -0.1) is 0 Å². The Labute approximate surface area is 52.8 Å². The average Bonchev–Trinajstić information content (AvgIpc) is 1.84. The first-order valence-electron chi connectivity index (χ1n) is 1.83. The maximum absolute atomic E-state index is 10.1. The number of carbonyl (C=O) groups excluding carboxylic acids is 1. The van der Waals surface area contributed by atoms with Crippen LogP contribution in [0.15, 0.2) is 0 Å².